The Morgan fingerprint density at radius 2 is 1.95 bits per heavy atom. The number of aromatic hydroxyl groups is 1. The fourth-order valence-corrected chi connectivity index (χ4v) is 3.97. The van der Waals surface area contributed by atoms with E-state index in [1.54, 1.807) is 24.3 Å². The van der Waals surface area contributed by atoms with Gasteiger partial charge in [0.25, 0.3) is 0 Å². The summed E-state index contributed by atoms with van der Waals surface area (Å²) >= 11 is 0. The first-order chi connectivity index (χ1) is 9.34. The number of phenols is 1. The molecule has 1 aromatic carbocycles. The molecule has 0 aliphatic rings. The quantitative estimate of drug-likeness (QED) is 0.759. The second kappa shape index (κ2) is 7.45. The van der Waals surface area contributed by atoms with Crippen molar-refractivity contribution in [3.63, 3.8) is 0 Å². The van der Waals surface area contributed by atoms with Crippen molar-refractivity contribution in [2.24, 2.45) is 5.73 Å². The Bertz CT molecular complexity index is 431. The minimum absolute atomic E-state index is 0.206. The molecule has 0 aliphatic carbocycles. The van der Waals surface area contributed by atoms with Gasteiger partial charge in [0.1, 0.15) is 11.8 Å². The van der Waals surface area contributed by atoms with Crippen LogP contribution in [0.2, 0.25) is 19.1 Å². The van der Waals surface area contributed by atoms with Crippen LogP contribution in [0.3, 0.4) is 0 Å². The molecule has 1 rings (SSSR count). The fraction of sp³-hybridized carbons (Fsp3) is 0.533. The van der Waals surface area contributed by atoms with Crippen molar-refractivity contribution in [2.45, 2.75) is 51.4 Å². The van der Waals surface area contributed by atoms with Crippen molar-refractivity contribution in [1.29, 1.82) is 0 Å². The zero-order valence-electron chi connectivity index (χ0n) is 12.6. The van der Waals surface area contributed by atoms with E-state index in [4.69, 9.17) is 10.2 Å². The van der Waals surface area contributed by atoms with Gasteiger partial charge in [0, 0.05) is 0 Å². The number of carbonyl (C=O) groups is 1. The highest BCUT2D eigenvalue weighted by atomic mass is 28.4. The number of hydrogen-bond donors (Lipinski definition) is 2. The fourth-order valence-electron chi connectivity index (χ4n) is 1.97. The van der Waals surface area contributed by atoms with Crippen molar-refractivity contribution in [2.75, 3.05) is 0 Å². The van der Waals surface area contributed by atoms with Crippen LogP contribution in [0.25, 0.3) is 0 Å². The molecule has 0 heterocycles. The van der Waals surface area contributed by atoms with Gasteiger partial charge in [-0.25, -0.2) is 0 Å². The largest absolute Gasteiger partial charge is 0.518 e. The normalized spacial score (nSPS) is 13.0. The molecule has 0 unspecified atom stereocenters. The molecule has 0 spiro atoms. The molecule has 0 aromatic heterocycles. The molecule has 20 heavy (non-hydrogen) atoms. The van der Waals surface area contributed by atoms with Gasteiger partial charge in [-0.2, -0.15) is 0 Å². The monoisotopic (exact) mass is 295 g/mol. The average molecular weight is 295 g/mol. The Morgan fingerprint density at radius 1 is 1.35 bits per heavy atom. The van der Waals surface area contributed by atoms with Gasteiger partial charge in [-0.3, -0.25) is 4.79 Å². The molecule has 4 nitrogen and oxygen atoms in total. The predicted octanol–water partition coefficient (Wildman–Crippen LogP) is 2.81. The second-order valence-corrected chi connectivity index (χ2v) is 9.98. The van der Waals surface area contributed by atoms with Gasteiger partial charge in [0.2, 0.25) is 8.32 Å². The lowest BCUT2D eigenvalue weighted by atomic mass is 10.1. The summed E-state index contributed by atoms with van der Waals surface area (Å²) < 4.78 is 5.62. The maximum absolute atomic E-state index is 12.0. The number of hydrogen-bond acceptors (Lipinski definition) is 4. The van der Waals surface area contributed by atoms with Crippen molar-refractivity contribution in [1.82, 2.24) is 0 Å². The highest BCUT2D eigenvalue weighted by Crippen LogP contribution is 2.17. The first-order valence-corrected chi connectivity index (χ1v) is 10.2. The molecule has 3 N–H and O–H groups in total. The van der Waals surface area contributed by atoms with Crippen LogP contribution < -0.4 is 5.73 Å². The summed E-state index contributed by atoms with van der Waals surface area (Å²) in [5.74, 6) is -0.108. The van der Waals surface area contributed by atoms with E-state index in [0.29, 0.717) is 6.42 Å². The summed E-state index contributed by atoms with van der Waals surface area (Å²) in [6.45, 7) is 6.23. The molecular formula is C15H25NO3Si. The summed E-state index contributed by atoms with van der Waals surface area (Å²) in [4.78, 5) is 12.0. The van der Waals surface area contributed by atoms with Gasteiger partial charge < -0.3 is 15.3 Å². The molecule has 0 radical (unpaired) electrons. The maximum Gasteiger partial charge on any atom is 0.309 e. The van der Waals surface area contributed by atoms with Crippen LogP contribution in [0.1, 0.15) is 25.3 Å². The topological polar surface area (TPSA) is 72.5 Å². The molecule has 0 saturated heterocycles. The molecular weight excluding hydrogens is 270 g/mol. The maximum atomic E-state index is 12.0. The van der Waals surface area contributed by atoms with Crippen LogP contribution in [0.15, 0.2) is 24.3 Å². The smallest absolute Gasteiger partial charge is 0.309 e. The third-order valence-corrected chi connectivity index (χ3v) is 5.52. The van der Waals surface area contributed by atoms with Crippen LogP contribution in [0.5, 0.6) is 5.75 Å². The van der Waals surface area contributed by atoms with Crippen molar-refractivity contribution in [3.05, 3.63) is 29.8 Å². The van der Waals surface area contributed by atoms with Gasteiger partial charge in [-0.05, 0) is 43.3 Å². The van der Waals surface area contributed by atoms with Gasteiger partial charge >= 0.3 is 5.97 Å². The van der Waals surface area contributed by atoms with Crippen LogP contribution in [-0.2, 0) is 15.6 Å². The molecule has 1 aromatic rings. The SMILES string of the molecule is CCCC[Si](C)(C)OC(=O)[C@@H](N)Cc1ccc(O)cc1. The molecule has 5 heteroatoms. The number of rotatable bonds is 7. The minimum Gasteiger partial charge on any atom is -0.518 e. The highest BCUT2D eigenvalue weighted by Gasteiger charge is 2.28. The Morgan fingerprint density at radius 3 is 2.50 bits per heavy atom. The van der Waals surface area contributed by atoms with E-state index >= 15 is 0 Å². The summed E-state index contributed by atoms with van der Waals surface area (Å²) in [5, 5.41) is 9.22. The number of phenolic OH excluding ortho intramolecular Hbond substituents is 1. The average Bonchev–Trinajstić information content (AvgIpc) is 2.38. The van der Waals surface area contributed by atoms with Gasteiger partial charge in [-0.1, -0.05) is 31.9 Å². The Kier molecular flexibility index (Phi) is 6.23. The lowest BCUT2D eigenvalue weighted by Gasteiger charge is -2.24. The van der Waals surface area contributed by atoms with Gasteiger partial charge in [0.15, 0.2) is 0 Å². The standard InChI is InChI=1S/C15H25NO3Si/c1-4-5-10-20(2,3)19-15(18)14(16)11-12-6-8-13(17)9-7-12/h6-9,14,17H,4-5,10-11,16H2,1-3H3/t14-/m0/s1. The molecule has 0 aliphatic heterocycles. The number of benzene rings is 1. The van der Waals surface area contributed by atoms with E-state index in [1.165, 1.54) is 0 Å². The van der Waals surface area contributed by atoms with E-state index in [-0.39, 0.29) is 11.7 Å². The van der Waals surface area contributed by atoms with E-state index < -0.39 is 14.4 Å². The van der Waals surface area contributed by atoms with Crippen LogP contribution >= 0.6 is 0 Å². The first-order valence-electron chi connectivity index (χ1n) is 7.10. The van der Waals surface area contributed by atoms with Crippen molar-refractivity contribution < 1.29 is 14.3 Å². The van der Waals surface area contributed by atoms with E-state index in [1.807, 2.05) is 13.1 Å². The molecule has 0 amide bonds. The van der Waals surface area contributed by atoms with Crippen molar-refractivity contribution in [3.8, 4) is 5.75 Å². The number of carbonyl (C=O) groups excluding carboxylic acids is 1. The lowest BCUT2D eigenvalue weighted by Crippen LogP contribution is -2.42. The molecule has 0 bridgehead atoms. The van der Waals surface area contributed by atoms with Gasteiger partial charge in [0.05, 0.1) is 0 Å². The summed E-state index contributed by atoms with van der Waals surface area (Å²) in [5.41, 5.74) is 6.83. The molecule has 0 saturated carbocycles. The predicted molar refractivity (Wildman–Crippen MR) is 83.1 cm³/mol. The third-order valence-electron chi connectivity index (χ3n) is 3.20. The van der Waals surface area contributed by atoms with Crippen LogP contribution in [0.4, 0.5) is 0 Å². The zero-order valence-corrected chi connectivity index (χ0v) is 13.6. The van der Waals surface area contributed by atoms with E-state index in [2.05, 4.69) is 6.92 Å². The second-order valence-electron chi connectivity index (χ2n) is 5.76. The number of nitrogens with two attached hydrogens (primary N) is 1. The number of unbranched alkanes of at least 4 members (excludes halogenated alkanes) is 1. The highest BCUT2D eigenvalue weighted by molar-refractivity contribution is 6.72. The summed E-state index contributed by atoms with van der Waals surface area (Å²) in [7, 11) is -1.95. The third kappa shape index (κ3) is 5.75. The zero-order chi connectivity index (χ0) is 15.2. The van der Waals surface area contributed by atoms with Gasteiger partial charge in [-0.15, -0.1) is 0 Å². The van der Waals surface area contributed by atoms with E-state index in [9.17, 15) is 9.90 Å². The molecule has 112 valence electrons. The Labute approximate surface area is 122 Å². The lowest BCUT2D eigenvalue weighted by molar-refractivity contribution is -0.136. The summed E-state index contributed by atoms with van der Waals surface area (Å²) in [6, 6.07) is 7.04. The van der Waals surface area contributed by atoms with Crippen LogP contribution in [-0.4, -0.2) is 25.4 Å². The first kappa shape index (κ1) is 16.7. The molecule has 1 atom stereocenters. The Balaban J connectivity index is 2.52. The molecule has 0 fully saturated rings. The minimum atomic E-state index is -1.95. The summed E-state index contributed by atoms with van der Waals surface area (Å²) in [6.07, 6.45) is 2.62. The van der Waals surface area contributed by atoms with Crippen LogP contribution in [0, 0.1) is 0 Å². The van der Waals surface area contributed by atoms with Crippen molar-refractivity contribution >= 4 is 14.3 Å². The Hall–Kier alpha value is -1.33. The van der Waals surface area contributed by atoms with E-state index in [0.717, 1.165) is 24.4 Å².